The van der Waals surface area contributed by atoms with Crippen molar-refractivity contribution in [1.29, 1.82) is 0 Å². The van der Waals surface area contributed by atoms with Crippen LogP contribution < -0.4 is 9.09 Å². The minimum absolute atomic E-state index is 0.114. The highest BCUT2D eigenvalue weighted by molar-refractivity contribution is 14.1. The Morgan fingerprint density at radius 2 is 2.45 bits per heavy atom. The molecule has 2 N–H and O–H groups in total. The zero-order chi connectivity index (χ0) is 8.27. The van der Waals surface area contributed by atoms with Gasteiger partial charge in [-0.25, -0.2) is 4.98 Å². The van der Waals surface area contributed by atoms with Crippen molar-refractivity contribution in [2.75, 3.05) is 0 Å². The highest BCUT2D eigenvalue weighted by atomic mass is 127. The summed E-state index contributed by atoms with van der Waals surface area (Å²) in [6.45, 7) is 0. The molecule has 0 aliphatic heterocycles. The summed E-state index contributed by atoms with van der Waals surface area (Å²) < 4.78 is 2.32. The van der Waals surface area contributed by atoms with Crippen LogP contribution in [0.15, 0.2) is 17.2 Å². The fourth-order valence-corrected chi connectivity index (χ4v) is 0.817. The lowest BCUT2D eigenvalue weighted by molar-refractivity contribution is 0.0984. The van der Waals surface area contributed by atoms with Crippen molar-refractivity contribution < 1.29 is 4.79 Å². The second-order valence-corrected chi connectivity index (χ2v) is 2.26. The van der Waals surface area contributed by atoms with Gasteiger partial charge < -0.3 is 4.98 Å². The number of rotatable bonds is 1. The van der Waals surface area contributed by atoms with E-state index < -0.39 is 0 Å². The van der Waals surface area contributed by atoms with Crippen molar-refractivity contribution in [3.63, 3.8) is 0 Å². The number of H-pyrrole nitrogens is 1. The van der Waals surface area contributed by atoms with Crippen molar-refractivity contribution in [2.24, 2.45) is 0 Å². The molecule has 6 heteroatoms. The molecule has 11 heavy (non-hydrogen) atoms. The maximum atomic E-state index is 10.8. The van der Waals surface area contributed by atoms with E-state index >= 15 is 0 Å². The van der Waals surface area contributed by atoms with E-state index in [1.807, 2.05) is 0 Å². The van der Waals surface area contributed by atoms with E-state index in [1.54, 1.807) is 22.9 Å². The van der Waals surface area contributed by atoms with Gasteiger partial charge >= 0.3 is 0 Å². The third-order valence-corrected chi connectivity index (χ3v) is 1.49. The molecular formula is C5H4IN3O2. The van der Waals surface area contributed by atoms with Crippen LogP contribution in [-0.2, 0) is 0 Å². The summed E-state index contributed by atoms with van der Waals surface area (Å²) in [5, 5.41) is 0. The second kappa shape index (κ2) is 3.46. The smallest absolute Gasteiger partial charge is 0.278 e. The normalized spacial score (nSPS) is 9.18. The van der Waals surface area contributed by atoms with Crippen LogP contribution in [0.3, 0.4) is 0 Å². The summed E-state index contributed by atoms with van der Waals surface area (Å²) in [6, 6.07) is 1.13. The van der Waals surface area contributed by atoms with E-state index in [-0.39, 0.29) is 17.2 Å². The first-order valence-electron chi connectivity index (χ1n) is 2.70. The van der Waals surface area contributed by atoms with E-state index in [2.05, 4.69) is 13.5 Å². The largest absolute Gasteiger partial charge is 0.313 e. The first-order chi connectivity index (χ1) is 5.24. The molecule has 0 aliphatic rings. The van der Waals surface area contributed by atoms with Gasteiger partial charge in [-0.05, 0) is 0 Å². The Balaban J connectivity index is 3.05. The van der Waals surface area contributed by atoms with Crippen LogP contribution in [0, 0.1) is 0 Å². The Morgan fingerprint density at radius 1 is 1.73 bits per heavy atom. The molecule has 0 spiro atoms. The number of nitrogens with zero attached hydrogens (tertiary/aromatic N) is 1. The molecular weight excluding hydrogens is 261 g/mol. The summed E-state index contributed by atoms with van der Waals surface area (Å²) in [4.78, 5) is 27.4. The lowest BCUT2D eigenvalue weighted by Gasteiger charge is -1.93. The fourth-order valence-electron chi connectivity index (χ4n) is 0.541. The summed E-state index contributed by atoms with van der Waals surface area (Å²) >= 11 is 1.68. The third kappa shape index (κ3) is 2.00. The van der Waals surface area contributed by atoms with Gasteiger partial charge in [-0.2, -0.15) is 0 Å². The topological polar surface area (TPSA) is 74.8 Å². The Bertz CT molecular complexity index is 322. The molecule has 1 aromatic rings. The van der Waals surface area contributed by atoms with Crippen LogP contribution in [0.5, 0.6) is 0 Å². The molecule has 0 unspecified atom stereocenters. The summed E-state index contributed by atoms with van der Waals surface area (Å²) in [7, 11) is 0. The van der Waals surface area contributed by atoms with Gasteiger partial charge in [-0.1, -0.05) is 0 Å². The molecule has 0 saturated carbocycles. The molecule has 0 aromatic carbocycles. The van der Waals surface area contributed by atoms with Crippen LogP contribution >= 0.6 is 22.9 Å². The van der Waals surface area contributed by atoms with Crippen molar-refractivity contribution in [2.45, 2.75) is 0 Å². The zero-order valence-corrected chi connectivity index (χ0v) is 7.45. The number of carbonyl (C=O) groups excluding carboxylic acids is 1. The van der Waals surface area contributed by atoms with Crippen LogP contribution in [0.1, 0.15) is 10.5 Å². The zero-order valence-electron chi connectivity index (χ0n) is 5.30. The number of hydrogen-bond acceptors (Lipinski definition) is 3. The highest BCUT2D eigenvalue weighted by Crippen LogP contribution is 1.88. The SMILES string of the molecule is O=C(NI)c1cc(=O)[nH]cn1. The van der Waals surface area contributed by atoms with Crippen LogP contribution in [-0.4, -0.2) is 15.9 Å². The monoisotopic (exact) mass is 265 g/mol. The van der Waals surface area contributed by atoms with Crippen LogP contribution in [0.2, 0.25) is 0 Å². The maximum absolute atomic E-state index is 10.8. The van der Waals surface area contributed by atoms with Crippen molar-refractivity contribution in [3.05, 3.63) is 28.4 Å². The molecule has 0 radical (unpaired) electrons. The van der Waals surface area contributed by atoms with Gasteiger partial charge in [0.2, 0.25) is 0 Å². The molecule has 1 heterocycles. The minimum atomic E-state index is -0.378. The Labute approximate surface area is 75.7 Å². The van der Waals surface area contributed by atoms with Gasteiger partial charge in [0, 0.05) is 6.07 Å². The van der Waals surface area contributed by atoms with E-state index in [1.165, 1.54) is 6.33 Å². The number of aromatic amines is 1. The van der Waals surface area contributed by atoms with E-state index in [4.69, 9.17) is 0 Å². The second-order valence-electron chi connectivity index (χ2n) is 1.72. The summed E-state index contributed by atoms with van der Waals surface area (Å²) in [5.74, 6) is -0.378. The molecule has 0 fully saturated rings. The van der Waals surface area contributed by atoms with E-state index in [9.17, 15) is 9.59 Å². The molecule has 5 nitrogen and oxygen atoms in total. The molecule has 1 aromatic heterocycles. The standard InChI is InChI=1S/C5H4IN3O2/c6-9-5(11)3-1-4(10)8-2-7-3/h1-2H,(H,9,11)(H,7,8,10). The van der Waals surface area contributed by atoms with Crippen molar-refractivity contribution in [3.8, 4) is 0 Å². The Hall–Kier alpha value is -0.920. The Kier molecular flexibility index (Phi) is 2.58. The lowest BCUT2D eigenvalue weighted by atomic mass is 10.4. The van der Waals surface area contributed by atoms with Gasteiger partial charge in [0.1, 0.15) is 5.69 Å². The van der Waals surface area contributed by atoms with Gasteiger partial charge in [-0.15, -0.1) is 0 Å². The quantitative estimate of drug-likeness (QED) is 0.547. The first kappa shape index (κ1) is 8.18. The number of amides is 1. The minimum Gasteiger partial charge on any atom is -0.313 e. The van der Waals surface area contributed by atoms with Gasteiger partial charge in [0.15, 0.2) is 0 Å². The number of hydrogen-bond donors (Lipinski definition) is 2. The fraction of sp³-hybridized carbons (Fsp3) is 0. The number of carbonyl (C=O) groups is 1. The molecule has 0 bridgehead atoms. The lowest BCUT2D eigenvalue weighted by Crippen LogP contribution is -2.17. The van der Waals surface area contributed by atoms with Crippen LogP contribution in [0.4, 0.5) is 0 Å². The molecule has 58 valence electrons. The van der Waals surface area contributed by atoms with Crippen molar-refractivity contribution >= 4 is 28.8 Å². The number of halogens is 1. The van der Waals surface area contributed by atoms with E-state index in [0.29, 0.717) is 0 Å². The average molecular weight is 265 g/mol. The van der Waals surface area contributed by atoms with Gasteiger partial charge in [-0.3, -0.25) is 13.1 Å². The predicted octanol–water partition coefficient (Wildman–Crippen LogP) is -0.150. The molecule has 1 amide bonds. The van der Waals surface area contributed by atoms with Gasteiger partial charge in [0.25, 0.3) is 11.5 Å². The Morgan fingerprint density at radius 3 is 3.00 bits per heavy atom. The maximum Gasteiger partial charge on any atom is 0.278 e. The number of nitrogens with one attached hydrogen (secondary N) is 2. The van der Waals surface area contributed by atoms with Crippen LogP contribution in [0.25, 0.3) is 0 Å². The number of aromatic nitrogens is 2. The van der Waals surface area contributed by atoms with Crippen molar-refractivity contribution in [1.82, 2.24) is 13.5 Å². The molecule has 0 saturated heterocycles. The van der Waals surface area contributed by atoms with E-state index in [0.717, 1.165) is 6.07 Å². The molecule has 1 rings (SSSR count). The molecule has 0 atom stereocenters. The highest BCUT2D eigenvalue weighted by Gasteiger charge is 2.03. The molecule has 0 aliphatic carbocycles. The van der Waals surface area contributed by atoms with Gasteiger partial charge in [0.05, 0.1) is 29.2 Å². The summed E-state index contributed by atoms with van der Waals surface area (Å²) in [6.07, 6.45) is 1.18. The first-order valence-corrected chi connectivity index (χ1v) is 3.77. The summed E-state index contributed by atoms with van der Waals surface area (Å²) in [5.41, 5.74) is -0.224. The third-order valence-electron chi connectivity index (χ3n) is 0.997. The predicted molar refractivity (Wildman–Crippen MR) is 46.3 cm³/mol. The average Bonchev–Trinajstić information content (AvgIpc) is 2.03.